The molecule has 0 radical (unpaired) electrons. The summed E-state index contributed by atoms with van der Waals surface area (Å²) in [6.07, 6.45) is 1.94. The molecule has 2 rings (SSSR count). The number of rotatable bonds is 5. The van der Waals surface area contributed by atoms with Crippen LogP contribution in [0.5, 0.6) is 0 Å². The van der Waals surface area contributed by atoms with E-state index in [4.69, 9.17) is 11.6 Å². The van der Waals surface area contributed by atoms with E-state index in [1.807, 2.05) is 0 Å². The third kappa shape index (κ3) is 4.00. The van der Waals surface area contributed by atoms with E-state index in [2.05, 4.69) is 35.1 Å². The zero-order valence-electron chi connectivity index (χ0n) is 12.1. The van der Waals surface area contributed by atoms with Crippen molar-refractivity contribution in [2.75, 3.05) is 19.6 Å². The lowest BCUT2D eigenvalue weighted by atomic mass is 9.95. The lowest BCUT2D eigenvalue weighted by Crippen LogP contribution is -2.50. The molecule has 1 N–H and O–H groups in total. The molecule has 120 valence electrons. The molecule has 8 heteroatoms. The smallest absolute Gasteiger partial charge is 0.252 e. The maximum absolute atomic E-state index is 12.7. The fourth-order valence-electron chi connectivity index (χ4n) is 2.54. The Morgan fingerprint density at radius 2 is 2.29 bits per heavy atom. The van der Waals surface area contributed by atoms with Gasteiger partial charge in [0.2, 0.25) is 0 Å². The Kier molecular flexibility index (Phi) is 6.13. The van der Waals surface area contributed by atoms with Crippen LogP contribution in [0.1, 0.15) is 26.7 Å². The first-order valence-corrected chi connectivity index (χ1v) is 10.5. The Bertz CT molecular complexity index is 571. The van der Waals surface area contributed by atoms with Crippen molar-refractivity contribution in [2.45, 2.75) is 36.9 Å². The maximum Gasteiger partial charge on any atom is 0.252 e. The number of nitrogens with zero attached hydrogens (tertiary/aromatic N) is 1. The van der Waals surface area contributed by atoms with E-state index in [0.29, 0.717) is 38.1 Å². The van der Waals surface area contributed by atoms with E-state index in [1.54, 1.807) is 4.31 Å². The van der Waals surface area contributed by atoms with E-state index in [9.17, 15) is 8.42 Å². The Labute approximate surface area is 144 Å². The normalized spacial score (nSPS) is 24.4. The monoisotopic (exact) mass is 414 g/mol. The minimum Gasteiger partial charge on any atom is -0.314 e. The highest BCUT2D eigenvalue weighted by atomic mass is 79.9. The highest BCUT2D eigenvalue weighted by molar-refractivity contribution is 9.11. The van der Waals surface area contributed by atoms with Crippen molar-refractivity contribution in [3.63, 3.8) is 0 Å². The first-order valence-electron chi connectivity index (χ1n) is 7.04. The summed E-state index contributed by atoms with van der Waals surface area (Å²) >= 11 is 10.4. The van der Waals surface area contributed by atoms with E-state index in [0.717, 1.165) is 19.4 Å². The van der Waals surface area contributed by atoms with E-state index >= 15 is 0 Å². The summed E-state index contributed by atoms with van der Waals surface area (Å²) in [6.45, 7) is 6.33. The molecule has 0 aromatic carbocycles. The van der Waals surface area contributed by atoms with Gasteiger partial charge in [0.1, 0.15) is 4.21 Å². The second kappa shape index (κ2) is 7.27. The molecule has 2 unspecified atom stereocenters. The number of hydrogen-bond acceptors (Lipinski definition) is 4. The van der Waals surface area contributed by atoms with Crippen molar-refractivity contribution in [1.29, 1.82) is 0 Å². The summed E-state index contributed by atoms with van der Waals surface area (Å²) in [5, 5.41) is 3.95. The van der Waals surface area contributed by atoms with Crippen LogP contribution in [0.25, 0.3) is 0 Å². The summed E-state index contributed by atoms with van der Waals surface area (Å²) in [5.74, 6) is 0.305. The number of hydrogen-bond donors (Lipinski definition) is 1. The van der Waals surface area contributed by atoms with E-state index in [1.165, 1.54) is 17.4 Å². The SMILES string of the molecule is CCCNC1CCN(S(=O)(=O)c2cc(Cl)c(Br)s2)CC1C. The molecule has 1 aliphatic rings. The van der Waals surface area contributed by atoms with Gasteiger partial charge >= 0.3 is 0 Å². The second-order valence-corrected chi connectivity index (χ2v) is 10.3. The highest BCUT2D eigenvalue weighted by Crippen LogP contribution is 2.36. The molecule has 0 saturated carbocycles. The molecular weight excluding hydrogens is 396 g/mol. The zero-order valence-corrected chi connectivity index (χ0v) is 16.1. The summed E-state index contributed by atoms with van der Waals surface area (Å²) in [5.41, 5.74) is 0. The van der Waals surface area contributed by atoms with Gasteiger partial charge in [0, 0.05) is 19.1 Å². The molecule has 1 aromatic heterocycles. The van der Waals surface area contributed by atoms with E-state index in [-0.39, 0.29) is 0 Å². The van der Waals surface area contributed by atoms with Crippen LogP contribution in [0.4, 0.5) is 0 Å². The van der Waals surface area contributed by atoms with Crippen molar-refractivity contribution in [2.24, 2.45) is 5.92 Å². The minimum absolute atomic E-state index is 0.305. The molecule has 1 aromatic rings. The van der Waals surface area contributed by atoms with Gasteiger partial charge in [-0.2, -0.15) is 4.31 Å². The molecule has 2 heterocycles. The third-order valence-electron chi connectivity index (χ3n) is 3.74. The molecule has 0 spiro atoms. The van der Waals surface area contributed by atoms with E-state index < -0.39 is 10.0 Å². The fourth-order valence-corrected chi connectivity index (χ4v) is 6.65. The standard InChI is InChI=1S/C13H20BrClN2O2S2/c1-3-5-16-11-4-6-17(8-9(11)2)21(18,19)12-7-10(15)13(14)20-12/h7,9,11,16H,3-6,8H2,1-2H3. The largest absolute Gasteiger partial charge is 0.314 e. The van der Waals surface area contributed by atoms with Crippen LogP contribution in [0.3, 0.4) is 0 Å². The van der Waals surface area contributed by atoms with Gasteiger partial charge in [-0.1, -0.05) is 25.4 Å². The second-order valence-electron chi connectivity index (χ2n) is 5.38. The molecule has 1 aliphatic heterocycles. The quantitative estimate of drug-likeness (QED) is 0.800. The maximum atomic E-state index is 12.7. The Balaban J connectivity index is 2.09. The summed E-state index contributed by atoms with van der Waals surface area (Å²) in [4.78, 5) is 0. The Morgan fingerprint density at radius 3 is 2.81 bits per heavy atom. The summed E-state index contributed by atoms with van der Waals surface area (Å²) < 4.78 is 27.9. The number of nitrogens with one attached hydrogen (secondary N) is 1. The van der Waals surface area contributed by atoms with Gasteiger partial charge in [-0.3, -0.25) is 0 Å². The molecule has 1 fully saturated rings. The first kappa shape index (κ1) is 17.7. The van der Waals surface area contributed by atoms with Gasteiger partial charge in [0.15, 0.2) is 0 Å². The van der Waals surface area contributed by atoms with Crippen LogP contribution in [-0.2, 0) is 10.0 Å². The van der Waals surface area contributed by atoms with Gasteiger partial charge in [-0.15, -0.1) is 11.3 Å². The molecule has 0 amide bonds. The van der Waals surface area contributed by atoms with Crippen LogP contribution < -0.4 is 5.32 Å². The predicted octanol–water partition coefficient (Wildman–Crippen LogP) is 3.56. The van der Waals surface area contributed by atoms with Crippen LogP contribution in [-0.4, -0.2) is 38.4 Å². The lowest BCUT2D eigenvalue weighted by Gasteiger charge is -2.36. The molecule has 4 nitrogen and oxygen atoms in total. The topological polar surface area (TPSA) is 49.4 Å². The number of piperidine rings is 1. The number of halogens is 2. The van der Waals surface area contributed by atoms with Crippen molar-refractivity contribution < 1.29 is 8.42 Å². The number of sulfonamides is 1. The zero-order chi connectivity index (χ0) is 15.6. The van der Waals surface area contributed by atoms with Crippen molar-refractivity contribution >= 4 is 48.9 Å². The van der Waals surface area contributed by atoms with Crippen molar-refractivity contribution in [1.82, 2.24) is 9.62 Å². The first-order chi connectivity index (χ1) is 9.86. The van der Waals surface area contributed by atoms with Gasteiger partial charge in [0.25, 0.3) is 10.0 Å². The molecule has 0 aliphatic carbocycles. The summed E-state index contributed by atoms with van der Waals surface area (Å²) in [6, 6.07) is 1.92. The average Bonchev–Trinajstić information content (AvgIpc) is 2.78. The Hall–Kier alpha value is 0.340. The summed E-state index contributed by atoms with van der Waals surface area (Å²) in [7, 11) is -3.43. The molecule has 0 bridgehead atoms. The van der Waals surface area contributed by atoms with Crippen LogP contribution in [0.15, 0.2) is 14.1 Å². The van der Waals surface area contributed by atoms with Crippen LogP contribution >= 0.6 is 38.9 Å². The molecule has 1 saturated heterocycles. The van der Waals surface area contributed by atoms with Gasteiger partial charge in [-0.05, 0) is 47.3 Å². The average molecular weight is 416 g/mol. The van der Waals surface area contributed by atoms with Gasteiger partial charge < -0.3 is 5.32 Å². The Morgan fingerprint density at radius 1 is 1.57 bits per heavy atom. The third-order valence-corrected chi connectivity index (χ3v) is 8.53. The molecular formula is C13H20BrClN2O2S2. The predicted molar refractivity (Wildman–Crippen MR) is 91.7 cm³/mol. The molecule has 2 atom stereocenters. The highest BCUT2D eigenvalue weighted by Gasteiger charge is 2.34. The van der Waals surface area contributed by atoms with Crippen LogP contribution in [0.2, 0.25) is 5.02 Å². The van der Waals surface area contributed by atoms with Crippen LogP contribution in [0, 0.1) is 5.92 Å². The van der Waals surface area contributed by atoms with Crippen molar-refractivity contribution in [3.05, 3.63) is 14.9 Å². The van der Waals surface area contributed by atoms with Gasteiger partial charge in [0.05, 0.1) is 8.81 Å². The van der Waals surface area contributed by atoms with Crippen molar-refractivity contribution in [3.8, 4) is 0 Å². The van der Waals surface area contributed by atoms with Gasteiger partial charge in [-0.25, -0.2) is 8.42 Å². The minimum atomic E-state index is -3.43. The number of thiophene rings is 1. The molecule has 21 heavy (non-hydrogen) atoms. The fraction of sp³-hybridized carbons (Fsp3) is 0.692. The lowest BCUT2D eigenvalue weighted by molar-refractivity contribution is 0.221.